The zero-order valence-corrected chi connectivity index (χ0v) is 14.6. The number of aromatic amines is 1. The fraction of sp³-hybridized carbons (Fsp3) is 0.100. The van der Waals surface area contributed by atoms with Gasteiger partial charge in [-0.3, -0.25) is 9.89 Å². The molecule has 0 fully saturated rings. The quantitative estimate of drug-likeness (QED) is 0.520. The van der Waals surface area contributed by atoms with Crippen molar-refractivity contribution in [3.63, 3.8) is 0 Å². The molecule has 0 amide bonds. The lowest BCUT2D eigenvalue weighted by atomic mass is 10.1. The summed E-state index contributed by atoms with van der Waals surface area (Å²) in [5.41, 5.74) is 1.06. The zero-order valence-electron chi connectivity index (χ0n) is 14.6. The molecule has 0 radical (unpaired) electrons. The van der Waals surface area contributed by atoms with Gasteiger partial charge >= 0.3 is 0 Å². The van der Waals surface area contributed by atoms with E-state index in [9.17, 15) is 13.6 Å². The van der Waals surface area contributed by atoms with E-state index in [0.29, 0.717) is 28.5 Å². The smallest absolute Gasteiger partial charge is 0.188 e. The van der Waals surface area contributed by atoms with Gasteiger partial charge in [0.05, 0.1) is 31.2 Å². The molecule has 1 heterocycles. The zero-order chi connectivity index (χ0) is 19.4. The molecular formula is C20H16F2N2O3. The van der Waals surface area contributed by atoms with E-state index in [1.165, 1.54) is 44.6 Å². The third-order valence-electron chi connectivity index (χ3n) is 3.91. The second-order valence-electron chi connectivity index (χ2n) is 5.60. The summed E-state index contributed by atoms with van der Waals surface area (Å²) in [6.45, 7) is 0. The number of methoxy groups -OCH3 is 2. The number of ketones is 1. The summed E-state index contributed by atoms with van der Waals surface area (Å²) in [6.07, 6.45) is 2.66. The van der Waals surface area contributed by atoms with Gasteiger partial charge in [-0.2, -0.15) is 5.10 Å². The highest BCUT2D eigenvalue weighted by atomic mass is 19.1. The number of hydrogen-bond acceptors (Lipinski definition) is 4. The first-order valence-electron chi connectivity index (χ1n) is 7.97. The third-order valence-corrected chi connectivity index (χ3v) is 3.91. The van der Waals surface area contributed by atoms with E-state index in [1.807, 2.05) is 0 Å². The fourth-order valence-electron chi connectivity index (χ4n) is 2.47. The molecule has 3 rings (SSSR count). The predicted octanol–water partition coefficient (Wildman–Crippen LogP) is 4.27. The maximum Gasteiger partial charge on any atom is 0.188 e. The number of benzene rings is 2. The molecule has 2 aromatic carbocycles. The van der Waals surface area contributed by atoms with Crippen molar-refractivity contribution in [3.05, 3.63) is 71.4 Å². The number of carbonyl (C=O) groups is 1. The maximum absolute atomic E-state index is 14.1. The van der Waals surface area contributed by atoms with Crippen molar-refractivity contribution in [2.75, 3.05) is 14.2 Å². The van der Waals surface area contributed by atoms with Crippen LogP contribution in [0.4, 0.5) is 8.78 Å². The van der Waals surface area contributed by atoms with Crippen LogP contribution in [-0.2, 0) is 0 Å². The summed E-state index contributed by atoms with van der Waals surface area (Å²) < 4.78 is 37.9. The van der Waals surface area contributed by atoms with Crippen LogP contribution in [0, 0.1) is 11.6 Å². The molecule has 0 atom stereocenters. The van der Waals surface area contributed by atoms with Crippen LogP contribution in [0.1, 0.15) is 16.1 Å². The van der Waals surface area contributed by atoms with E-state index in [0.717, 1.165) is 6.07 Å². The Kier molecular flexibility index (Phi) is 5.30. The molecule has 0 aliphatic heterocycles. The SMILES string of the molecule is COc1ccc(C(=O)C=Cc2cc(-c3ccc(OC)cc3F)n[nH]2)c(F)c1. The minimum atomic E-state index is -0.672. The number of aromatic nitrogens is 2. The number of nitrogens with zero attached hydrogens (tertiary/aromatic N) is 1. The van der Waals surface area contributed by atoms with Gasteiger partial charge < -0.3 is 9.47 Å². The van der Waals surface area contributed by atoms with E-state index < -0.39 is 17.4 Å². The molecule has 0 saturated heterocycles. The van der Waals surface area contributed by atoms with Crippen molar-refractivity contribution in [2.24, 2.45) is 0 Å². The molecule has 3 aromatic rings. The van der Waals surface area contributed by atoms with Crippen molar-refractivity contribution in [1.82, 2.24) is 10.2 Å². The molecule has 5 nitrogen and oxygen atoms in total. The first kappa shape index (κ1) is 18.3. The first-order valence-corrected chi connectivity index (χ1v) is 7.97. The monoisotopic (exact) mass is 370 g/mol. The molecule has 27 heavy (non-hydrogen) atoms. The lowest BCUT2D eigenvalue weighted by Crippen LogP contribution is -1.99. The molecular weight excluding hydrogens is 354 g/mol. The number of ether oxygens (including phenoxy) is 2. The number of halogens is 2. The molecule has 0 spiro atoms. The molecule has 0 aliphatic carbocycles. The molecule has 0 bridgehead atoms. The molecule has 1 aromatic heterocycles. The van der Waals surface area contributed by atoms with Crippen molar-refractivity contribution in [2.45, 2.75) is 0 Å². The van der Waals surface area contributed by atoms with Gasteiger partial charge in [0.1, 0.15) is 23.1 Å². The predicted molar refractivity (Wildman–Crippen MR) is 96.9 cm³/mol. The summed E-state index contributed by atoms with van der Waals surface area (Å²) in [4.78, 5) is 12.2. The largest absolute Gasteiger partial charge is 0.497 e. The van der Waals surface area contributed by atoms with Crippen molar-refractivity contribution in [3.8, 4) is 22.8 Å². The summed E-state index contributed by atoms with van der Waals surface area (Å²) >= 11 is 0. The Morgan fingerprint density at radius 3 is 2.30 bits per heavy atom. The van der Waals surface area contributed by atoms with Crippen LogP contribution in [0.25, 0.3) is 17.3 Å². The molecule has 0 saturated carbocycles. The number of H-pyrrole nitrogens is 1. The topological polar surface area (TPSA) is 64.2 Å². The minimum absolute atomic E-state index is 0.0759. The molecule has 0 aliphatic rings. The van der Waals surface area contributed by atoms with Crippen LogP contribution in [0.3, 0.4) is 0 Å². The van der Waals surface area contributed by atoms with Crippen LogP contribution >= 0.6 is 0 Å². The summed E-state index contributed by atoms with van der Waals surface area (Å²) in [5, 5.41) is 6.73. The Labute approximate surface area is 154 Å². The van der Waals surface area contributed by atoms with Crippen molar-refractivity contribution in [1.29, 1.82) is 0 Å². The van der Waals surface area contributed by atoms with Gasteiger partial charge in [-0.05, 0) is 42.5 Å². The minimum Gasteiger partial charge on any atom is -0.497 e. The maximum atomic E-state index is 14.1. The average Bonchev–Trinajstić information content (AvgIpc) is 3.14. The Bertz CT molecular complexity index is 1010. The summed E-state index contributed by atoms with van der Waals surface area (Å²) in [5.74, 6) is -0.934. The Balaban J connectivity index is 1.78. The summed E-state index contributed by atoms with van der Waals surface area (Å²) in [7, 11) is 2.87. The number of allylic oxidation sites excluding steroid dienone is 1. The van der Waals surface area contributed by atoms with Gasteiger partial charge in [0, 0.05) is 17.7 Å². The molecule has 0 unspecified atom stereocenters. The normalized spacial score (nSPS) is 11.0. The number of rotatable bonds is 6. The number of carbonyl (C=O) groups excluding carboxylic acids is 1. The van der Waals surface area contributed by atoms with Gasteiger partial charge in [-0.1, -0.05) is 0 Å². The number of hydrogen-bond donors (Lipinski definition) is 1. The highest BCUT2D eigenvalue weighted by molar-refractivity contribution is 6.07. The highest BCUT2D eigenvalue weighted by Crippen LogP contribution is 2.25. The molecule has 138 valence electrons. The van der Waals surface area contributed by atoms with Crippen LogP contribution < -0.4 is 9.47 Å². The van der Waals surface area contributed by atoms with E-state index in [1.54, 1.807) is 18.2 Å². The lowest BCUT2D eigenvalue weighted by molar-refractivity contribution is 0.104. The van der Waals surface area contributed by atoms with Gasteiger partial charge in [0.25, 0.3) is 0 Å². The van der Waals surface area contributed by atoms with E-state index in [-0.39, 0.29) is 5.56 Å². The summed E-state index contributed by atoms with van der Waals surface area (Å²) in [6, 6.07) is 10.0. The van der Waals surface area contributed by atoms with Crippen LogP contribution in [-0.4, -0.2) is 30.2 Å². The number of nitrogens with one attached hydrogen (secondary N) is 1. The molecule has 1 N–H and O–H groups in total. The Morgan fingerprint density at radius 1 is 1.00 bits per heavy atom. The van der Waals surface area contributed by atoms with Crippen molar-refractivity contribution >= 4 is 11.9 Å². The first-order chi connectivity index (χ1) is 13.0. The highest BCUT2D eigenvalue weighted by Gasteiger charge is 2.12. The van der Waals surface area contributed by atoms with Gasteiger partial charge in [-0.25, -0.2) is 8.78 Å². The Morgan fingerprint density at radius 2 is 1.67 bits per heavy atom. The van der Waals surface area contributed by atoms with Crippen molar-refractivity contribution < 1.29 is 23.0 Å². The fourth-order valence-corrected chi connectivity index (χ4v) is 2.47. The second-order valence-corrected chi connectivity index (χ2v) is 5.60. The van der Waals surface area contributed by atoms with Crippen LogP contribution in [0.5, 0.6) is 11.5 Å². The van der Waals surface area contributed by atoms with Crippen LogP contribution in [0.15, 0.2) is 48.5 Å². The molecule has 7 heteroatoms. The standard InChI is InChI=1S/C20H16F2N2O3/c1-26-13-4-6-15(17(21)10-13)19-9-12(23-24-19)3-8-20(25)16-7-5-14(27-2)11-18(16)22/h3-11H,1-2H3,(H,23,24). The van der Waals surface area contributed by atoms with Gasteiger partial charge in [0.2, 0.25) is 0 Å². The third kappa shape index (κ3) is 4.03. The van der Waals surface area contributed by atoms with E-state index in [2.05, 4.69) is 10.2 Å². The van der Waals surface area contributed by atoms with E-state index >= 15 is 0 Å². The Hall–Kier alpha value is -3.48. The van der Waals surface area contributed by atoms with Gasteiger partial charge in [0.15, 0.2) is 5.78 Å². The van der Waals surface area contributed by atoms with E-state index in [4.69, 9.17) is 9.47 Å². The van der Waals surface area contributed by atoms with Crippen LogP contribution in [0.2, 0.25) is 0 Å². The lowest BCUT2D eigenvalue weighted by Gasteiger charge is -2.02. The second kappa shape index (κ2) is 7.82. The average molecular weight is 370 g/mol. The van der Waals surface area contributed by atoms with Gasteiger partial charge in [-0.15, -0.1) is 0 Å².